The van der Waals surface area contributed by atoms with Gasteiger partial charge in [0.15, 0.2) is 0 Å². The third-order valence-electron chi connectivity index (χ3n) is 1.80. The molecule has 2 N–H and O–H groups in total. The lowest BCUT2D eigenvalue weighted by molar-refractivity contribution is 0.0233. The van der Waals surface area contributed by atoms with E-state index < -0.39 is 30.0 Å². The van der Waals surface area contributed by atoms with Crippen LogP contribution in [0.5, 0.6) is 0 Å². The highest BCUT2D eigenvalue weighted by Crippen LogP contribution is 2.12. The van der Waals surface area contributed by atoms with E-state index in [0.717, 1.165) is 0 Å². The number of nitrogens with one attached hydrogen (secondary N) is 1. The number of rotatable bonds is 3. The van der Waals surface area contributed by atoms with Crippen LogP contribution >= 0.6 is 0 Å². The molecule has 0 aromatic rings. The summed E-state index contributed by atoms with van der Waals surface area (Å²) in [6.07, 6.45) is -1.91. The highest BCUT2D eigenvalue weighted by atomic mass is 19.1. The molecular weight excluding hydrogens is 201 g/mol. The van der Waals surface area contributed by atoms with Crippen LogP contribution in [0.1, 0.15) is 34.6 Å². The molecule has 0 saturated heterocycles. The van der Waals surface area contributed by atoms with E-state index in [4.69, 9.17) is 4.74 Å². The average molecular weight is 221 g/mol. The van der Waals surface area contributed by atoms with Crippen LogP contribution in [0.3, 0.4) is 0 Å². The summed E-state index contributed by atoms with van der Waals surface area (Å²) in [5, 5.41) is 11.7. The van der Waals surface area contributed by atoms with Crippen molar-refractivity contribution in [2.75, 3.05) is 6.67 Å². The van der Waals surface area contributed by atoms with Gasteiger partial charge in [-0.2, -0.15) is 0 Å². The normalized spacial score (nSPS) is 14.6. The molecule has 1 atom stereocenters. The minimum Gasteiger partial charge on any atom is -0.444 e. The molecule has 1 unspecified atom stereocenters. The number of aliphatic hydroxyl groups excluding tert-OH is 1. The number of carbonyl (C=O) groups excluding carboxylic acids is 1. The first-order valence-corrected chi connectivity index (χ1v) is 4.83. The first-order chi connectivity index (χ1) is 6.58. The Labute approximate surface area is 89.8 Å². The summed E-state index contributed by atoms with van der Waals surface area (Å²) in [6, 6.07) is 0. The number of amides is 1. The monoisotopic (exact) mass is 221 g/mol. The molecule has 4 nitrogen and oxygen atoms in total. The average Bonchev–Trinajstić information content (AvgIpc) is 1.97. The highest BCUT2D eigenvalue weighted by Gasteiger charge is 2.31. The van der Waals surface area contributed by atoms with Crippen LogP contribution < -0.4 is 5.32 Å². The van der Waals surface area contributed by atoms with E-state index in [1.807, 2.05) is 0 Å². The lowest BCUT2D eigenvalue weighted by atomic mass is 9.99. The second-order valence-electron chi connectivity index (χ2n) is 5.02. The predicted octanol–water partition coefficient (Wildman–Crippen LogP) is 1.62. The van der Waals surface area contributed by atoms with Crippen molar-refractivity contribution < 1.29 is 19.0 Å². The summed E-state index contributed by atoms with van der Waals surface area (Å²) in [5.74, 6) is 0. The van der Waals surface area contributed by atoms with Crippen molar-refractivity contribution in [3.63, 3.8) is 0 Å². The summed E-state index contributed by atoms with van der Waals surface area (Å²) >= 11 is 0. The summed E-state index contributed by atoms with van der Waals surface area (Å²) in [5.41, 5.74) is -1.65. The Morgan fingerprint density at radius 2 is 1.87 bits per heavy atom. The Balaban J connectivity index is 4.28. The van der Waals surface area contributed by atoms with Crippen LogP contribution in [0.4, 0.5) is 9.18 Å². The molecule has 0 aromatic heterocycles. The Morgan fingerprint density at radius 3 is 2.20 bits per heavy atom. The third-order valence-corrected chi connectivity index (χ3v) is 1.80. The molecule has 0 spiro atoms. The van der Waals surface area contributed by atoms with E-state index in [1.165, 1.54) is 13.8 Å². The second kappa shape index (κ2) is 4.79. The van der Waals surface area contributed by atoms with E-state index in [0.29, 0.717) is 0 Å². The molecule has 1 amide bonds. The lowest BCUT2D eigenvalue weighted by Crippen LogP contribution is -2.54. The number of halogens is 1. The third kappa shape index (κ3) is 5.57. The van der Waals surface area contributed by atoms with Crippen LogP contribution in [-0.2, 0) is 4.74 Å². The minimum atomic E-state index is -1.25. The number of ether oxygens (including phenoxy) is 1. The van der Waals surface area contributed by atoms with Crippen molar-refractivity contribution in [2.24, 2.45) is 0 Å². The van der Waals surface area contributed by atoms with E-state index in [2.05, 4.69) is 5.32 Å². The second-order valence-corrected chi connectivity index (χ2v) is 5.02. The number of alkyl carbamates (subject to hydrolysis) is 1. The molecular formula is C10H20FNO3. The van der Waals surface area contributed by atoms with Crippen molar-refractivity contribution in [3.8, 4) is 0 Å². The van der Waals surface area contributed by atoms with Crippen molar-refractivity contribution in [1.82, 2.24) is 5.32 Å². The molecule has 0 aliphatic heterocycles. The Morgan fingerprint density at radius 1 is 1.40 bits per heavy atom. The van der Waals surface area contributed by atoms with E-state index >= 15 is 0 Å². The molecule has 0 radical (unpaired) electrons. The minimum absolute atomic E-state index is 0.610. The van der Waals surface area contributed by atoms with Crippen molar-refractivity contribution in [2.45, 2.75) is 51.9 Å². The van der Waals surface area contributed by atoms with E-state index in [-0.39, 0.29) is 0 Å². The van der Waals surface area contributed by atoms with Gasteiger partial charge in [0, 0.05) is 0 Å². The molecule has 90 valence electrons. The quantitative estimate of drug-likeness (QED) is 0.761. The van der Waals surface area contributed by atoms with Gasteiger partial charge >= 0.3 is 6.09 Å². The Bertz CT molecular complexity index is 223. The van der Waals surface area contributed by atoms with Gasteiger partial charge < -0.3 is 15.2 Å². The number of hydrogen-bond acceptors (Lipinski definition) is 3. The highest BCUT2D eigenvalue weighted by molar-refractivity contribution is 5.68. The molecule has 5 heteroatoms. The predicted molar refractivity (Wildman–Crippen MR) is 55.4 cm³/mol. The molecule has 0 fully saturated rings. The molecule has 0 aromatic carbocycles. The topological polar surface area (TPSA) is 58.6 Å². The summed E-state index contributed by atoms with van der Waals surface area (Å²) in [6.45, 7) is 7.33. The number of hydrogen-bond donors (Lipinski definition) is 2. The van der Waals surface area contributed by atoms with Crippen LogP contribution in [0.15, 0.2) is 0 Å². The van der Waals surface area contributed by atoms with Crippen LogP contribution in [-0.4, -0.2) is 35.1 Å². The van der Waals surface area contributed by atoms with Gasteiger partial charge in [-0.15, -0.1) is 0 Å². The molecule has 0 heterocycles. The zero-order chi connectivity index (χ0) is 12.3. The van der Waals surface area contributed by atoms with Crippen molar-refractivity contribution >= 4 is 6.09 Å². The molecule has 0 bridgehead atoms. The maximum Gasteiger partial charge on any atom is 0.408 e. The van der Waals surface area contributed by atoms with E-state index in [9.17, 15) is 14.3 Å². The van der Waals surface area contributed by atoms with Gasteiger partial charge in [0.1, 0.15) is 18.4 Å². The van der Waals surface area contributed by atoms with Gasteiger partial charge in [-0.1, -0.05) is 0 Å². The zero-order valence-electron chi connectivity index (χ0n) is 9.93. The zero-order valence-corrected chi connectivity index (χ0v) is 9.93. The van der Waals surface area contributed by atoms with Crippen LogP contribution in [0.25, 0.3) is 0 Å². The number of aliphatic hydroxyl groups is 1. The fourth-order valence-electron chi connectivity index (χ4n) is 0.843. The van der Waals surface area contributed by atoms with Crippen LogP contribution in [0.2, 0.25) is 0 Å². The smallest absolute Gasteiger partial charge is 0.408 e. The van der Waals surface area contributed by atoms with Gasteiger partial charge in [-0.05, 0) is 34.6 Å². The van der Waals surface area contributed by atoms with E-state index in [1.54, 1.807) is 20.8 Å². The fourth-order valence-corrected chi connectivity index (χ4v) is 0.843. The van der Waals surface area contributed by atoms with Crippen molar-refractivity contribution in [1.29, 1.82) is 0 Å². The standard InChI is InChI=1S/C10H20FNO3/c1-9(2,3)15-8(14)12-10(4,5)7(13)6-11/h7,13H,6H2,1-5H3,(H,12,14). The SMILES string of the molecule is CC(C)(C)OC(=O)NC(C)(C)C(O)CF. The lowest BCUT2D eigenvalue weighted by Gasteiger charge is -2.31. The van der Waals surface area contributed by atoms with Gasteiger partial charge in [0.05, 0.1) is 5.54 Å². The summed E-state index contributed by atoms with van der Waals surface area (Å²) in [4.78, 5) is 11.3. The van der Waals surface area contributed by atoms with Crippen molar-refractivity contribution in [3.05, 3.63) is 0 Å². The Kier molecular flexibility index (Phi) is 4.52. The van der Waals surface area contributed by atoms with Gasteiger partial charge in [-0.3, -0.25) is 0 Å². The molecule has 0 saturated carbocycles. The maximum absolute atomic E-state index is 12.2. The first kappa shape index (κ1) is 14.2. The molecule has 0 rings (SSSR count). The van der Waals surface area contributed by atoms with Gasteiger partial charge in [-0.25, -0.2) is 9.18 Å². The Hall–Kier alpha value is -0.840. The molecule has 0 aliphatic rings. The number of carbonyl (C=O) groups is 1. The maximum atomic E-state index is 12.2. The summed E-state index contributed by atoms with van der Waals surface area (Å²) < 4.78 is 17.2. The summed E-state index contributed by atoms with van der Waals surface area (Å²) in [7, 11) is 0. The first-order valence-electron chi connectivity index (χ1n) is 4.83. The van der Waals surface area contributed by atoms with Gasteiger partial charge in [0.25, 0.3) is 0 Å². The molecule has 0 aliphatic carbocycles. The molecule has 15 heavy (non-hydrogen) atoms. The largest absolute Gasteiger partial charge is 0.444 e. The fraction of sp³-hybridized carbons (Fsp3) is 0.900. The van der Waals surface area contributed by atoms with Gasteiger partial charge in [0.2, 0.25) is 0 Å². The van der Waals surface area contributed by atoms with Crippen LogP contribution in [0, 0.1) is 0 Å². The number of alkyl halides is 1.